The van der Waals surface area contributed by atoms with Crippen molar-refractivity contribution < 1.29 is 23.6 Å². The third-order valence-electron chi connectivity index (χ3n) is 4.22. The zero-order valence-electron chi connectivity index (χ0n) is 16.2. The molecule has 0 aliphatic carbocycles. The smallest absolute Gasteiger partial charge is 0.346 e. The zero-order valence-corrected chi connectivity index (χ0v) is 16.9. The number of carbonyl (C=O) groups is 3. The minimum Gasteiger partial charge on any atom is -0.462 e. The van der Waals surface area contributed by atoms with Crippen LogP contribution in [0.25, 0.3) is 11.3 Å². The van der Waals surface area contributed by atoms with Gasteiger partial charge in [0.25, 0.3) is 0 Å². The zero-order chi connectivity index (χ0) is 21.5. The number of Topliss-reactive ketones (excluding diaryl/α,β-unsaturated/α-hetero) is 1. The molecule has 0 bridgehead atoms. The molecule has 7 nitrogen and oxygen atoms in total. The number of hydrogen-bond donors (Lipinski definition) is 1. The first-order chi connectivity index (χ1) is 14.5. The molecular formula is C22H19ClN2O5. The highest BCUT2D eigenvalue weighted by Gasteiger charge is 2.26. The summed E-state index contributed by atoms with van der Waals surface area (Å²) in [5, 5.41) is 6.95. The fraction of sp³-hybridized carbons (Fsp3) is 0.182. The quantitative estimate of drug-likeness (QED) is 0.411. The number of rotatable bonds is 8. The van der Waals surface area contributed by atoms with Crippen LogP contribution in [-0.4, -0.2) is 29.4 Å². The fourth-order valence-corrected chi connectivity index (χ4v) is 2.88. The van der Waals surface area contributed by atoms with Crippen molar-refractivity contribution in [1.29, 1.82) is 0 Å². The highest BCUT2D eigenvalue weighted by Crippen LogP contribution is 2.30. The van der Waals surface area contributed by atoms with Crippen molar-refractivity contribution >= 4 is 35.1 Å². The summed E-state index contributed by atoms with van der Waals surface area (Å²) in [6.45, 7) is 1.81. The lowest BCUT2D eigenvalue weighted by Crippen LogP contribution is -2.16. The van der Waals surface area contributed by atoms with Crippen molar-refractivity contribution in [2.75, 3.05) is 11.9 Å². The number of amides is 1. The molecule has 0 atom stereocenters. The van der Waals surface area contributed by atoms with Crippen LogP contribution >= 0.6 is 11.6 Å². The van der Waals surface area contributed by atoms with E-state index in [1.807, 2.05) is 6.07 Å². The summed E-state index contributed by atoms with van der Waals surface area (Å²) < 4.78 is 10.3. The molecule has 0 aliphatic heterocycles. The number of halogens is 1. The van der Waals surface area contributed by atoms with E-state index in [2.05, 4.69) is 10.5 Å². The Bertz CT molecular complexity index is 1050. The molecule has 30 heavy (non-hydrogen) atoms. The second kappa shape index (κ2) is 9.84. The topological polar surface area (TPSA) is 98.5 Å². The van der Waals surface area contributed by atoms with E-state index in [0.717, 1.165) is 0 Å². The Balaban J connectivity index is 1.76. The van der Waals surface area contributed by atoms with Gasteiger partial charge in [0.1, 0.15) is 5.69 Å². The Kier molecular flexibility index (Phi) is 6.98. The van der Waals surface area contributed by atoms with E-state index in [1.165, 1.54) is 0 Å². The van der Waals surface area contributed by atoms with Crippen molar-refractivity contribution in [2.24, 2.45) is 0 Å². The van der Waals surface area contributed by atoms with Gasteiger partial charge in [0.2, 0.25) is 11.8 Å². The molecule has 154 valence electrons. The number of ether oxygens (including phenoxy) is 1. The van der Waals surface area contributed by atoms with Crippen molar-refractivity contribution in [3.8, 4) is 11.3 Å². The molecule has 0 spiro atoms. The minimum atomic E-state index is -0.681. The van der Waals surface area contributed by atoms with Gasteiger partial charge in [-0.3, -0.25) is 14.9 Å². The van der Waals surface area contributed by atoms with Crippen LogP contribution in [0.4, 0.5) is 5.88 Å². The summed E-state index contributed by atoms with van der Waals surface area (Å²) >= 11 is 5.91. The van der Waals surface area contributed by atoms with Crippen molar-refractivity contribution in [3.05, 3.63) is 70.7 Å². The number of aromatic nitrogens is 1. The third-order valence-corrected chi connectivity index (χ3v) is 4.47. The van der Waals surface area contributed by atoms with Gasteiger partial charge in [-0.1, -0.05) is 59.2 Å². The van der Waals surface area contributed by atoms with E-state index >= 15 is 0 Å². The Morgan fingerprint density at radius 3 is 2.40 bits per heavy atom. The molecule has 8 heteroatoms. The highest BCUT2D eigenvalue weighted by atomic mass is 35.5. The van der Waals surface area contributed by atoms with Crippen LogP contribution in [0.1, 0.15) is 40.5 Å². The summed E-state index contributed by atoms with van der Waals surface area (Å²) in [6.07, 6.45) is -0.0598. The molecule has 1 heterocycles. The number of hydrogen-bond acceptors (Lipinski definition) is 6. The van der Waals surface area contributed by atoms with E-state index in [9.17, 15) is 14.4 Å². The molecule has 0 unspecified atom stereocenters. The molecule has 0 fully saturated rings. The van der Waals surface area contributed by atoms with Crippen LogP contribution in [-0.2, 0) is 9.53 Å². The van der Waals surface area contributed by atoms with E-state index in [0.29, 0.717) is 16.1 Å². The van der Waals surface area contributed by atoms with Gasteiger partial charge in [-0.25, -0.2) is 4.79 Å². The minimum absolute atomic E-state index is 0.00177. The van der Waals surface area contributed by atoms with Crippen LogP contribution in [0.3, 0.4) is 0 Å². The fourth-order valence-electron chi connectivity index (χ4n) is 2.76. The Hall–Kier alpha value is -3.45. The van der Waals surface area contributed by atoms with Gasteiger partial charge < -0.3 is 9.26 Å². The first-order valence-corrected chi connectivity index (χ1v) is 9.68. The monoisotopic (exact) mass is 426 g/mol. The summed E-state index contributed by atoms with van der Waals surface area (Å²) in [5.74, 6) is -1.45. The number of esters is 1. The summed E-state index contributed by atoms with van der Waals surface area (Å²) in [4.78, 5) is 37.0. The first-order valence-electron chi connectivity index (χ1n) is 9.30. The largest absolute Gasteiger partial charge is 0.462 e. The van der Waals surface area contributed by atoms with Crippen LogP contribution < -0.4 is 5.32 Å². The average Bonchev–Trinajstić information content (AvgIpc) is 3.17. The molecule has 2 aromatic carbocycles. The van der Waals surface area contributed by atoms with Crippen molar-refractivity contribution in [2.45, 2.75) is 19.8 Å². The maximum absolute atomic E-state index is 12.5. The number of nitrogens with zero attached hydrogens (tertiary/aromatic N) is 1. The molecule has 0 saturated carbocycles. The molecule has 0 aliphatic rings. The van der Waals surface area contributed by atoms with Gasteiger partial charge in [-0.15, -0.1) is 0 Å². The normalized spacial score (nSPS) is 10.5. The van der Waals surface area contributed by atoms with Crippen molar-refractivity contribution in [1.82, 2.24) is 5.16 Å². The summed E-state index contributed by atoms with van der Waals surface area (Å²) in [7, 11) is 0. The Morgan fingerprint density at radius 2 is 1.73 bits per heavy atom. The SMILES string of the molecule is CCOC(=O)c1c(-c2ccc(Cl)cc2)noc1NC(=O)CCC(=O)c1ccccc1. The molecule has 3 rings (SSSR count). The van der Waals surface area contributed by atoms with Crippen LogP contribution in [0.5, 0.6) is 0 Å². The van der Waals surface area contributed by atoms with Gasteiger partial charge >= 0.3 is 5.97 Å². The molecule has 1 N–H and O–H groups in total. The predicted octanol–water partition coefficient (Wildman–Crippen LogP) is 4.77. The molecule has 0 saturated heterocycles. The number of ketones is 1. The lowest BCUT2D eigenvalue weighted by atomic mass is 10.1. The lowest BCUT2D eigenvalue weighted by molar-refractivity contribution is -0.116. The predicted molar refractivity (Wildman–Crippen MR) is 112 cm³/mol. The molecule has 0 radical (unpaired) electrons. The summed E-state index contributed by atoms with van der Waals surface area (Å²) in [5.41, 5.74) is 1.33. The number of nitrogens with one attached hydrogen (secondary N) is 1. The lowest BCUT2D eigenvalue weighted by Gasteiger charge is -2.06. The van der Waals surface area contributed by atoms with Gasteiger partial charge in [0, 0.05) is 29.0 Å². The van der Waals surface area contributed by atoms with Gasteiger partial charge in [0.05, 0.1) is 6.61 Å². The van der Waals surface area contributed by atoms with E-state index in [1.54, 1.807) is 55.5 Å². The van der Waals surface area contributed by atoms with Gasteiger partial charge in [-0.2, -0.15) is 0 Å². The number of benzene rings is 2. The van der Waals surface area contributed by atoms with Crippen LogP contribution in [0.2, 0.25) is 5.02 Å². The summed E-state index contributed by atoms with van der Waals surface area (Å²) in [6, 6.07) is 15.3. The average molecular weight is 427 g/mol. The number of carbonyl (C=O) groups excluding carboxylic acids is 3. The molecule has 3 aromatic rings. The van der Waals surface area contributed by atoms with Gasteiger partial charge in [-0.05, 0) is 19.1 Å². The molecule has 1 aromatic heterocycles. The Labute approximate surface area is 178 Å². The van der Waals surface area contributed by atoms with E-state index in [4.69, 9.17) is 20.9 Å². The second-order valence-corrected chi connectivity index (χ2v) is 6.74. The van der Waals surface area contributed by atoms with Crippen molar-refractivity contribution in [3.63, 3.8) is 0 Å². The van der Waals surface area contributed by atoms with Crippen LogP contribution in [0, 0.1) is 0 Å². The Morgan fingerprint density at radius 1 is 1.03 bits per heavy atom. The third kappa shape index (κ3) is 5.12. The highest BCUT2D eigenvalue weighted by molar-refractivity contribution is 6.30. The standard InChI is InChI=1S/C22H19ClN2O5/c1-2-29-22(28)19-20(15-8-10-16(23)11-9-15)25-30-21(19)24-18(27)13-12-17(26)14-6-4-3-5-7-14/h3-11H,2,12-13H2,1H3,(H,24,27). The number of anilines is 1. The van der Waals surface area contributed by atoms with E-state index < -0.39 is 11.9 Å². The van der Waals surface area contributed by atoms with Gasteiger partial charge in [0.15, 0.2) is 11.3 Å². The maximum Gasteiger partial charge on any atom is 0.346 e. The first kappa shape index (κ1) is 21.3. The molecular weight excluding hydrogens is 408 g/mol. The second-order valence-electron chi connectivity index (χ2n) is 6.30. The van der Waals surface area contributed by atoms with E-state index in [-0.39, 0.29) is 42.4 Å². The maximum atomic E-state index is 12.5. The molecule has 1 amide bonds. The van der Waals surface area contributed by atoms with Crippen LogP contribution in [0.15, 0.2) is 59.1 Å².